The molecule has 5 heteroatoms. The fraction of sp³-hybridized carbons (Fsp3) is 0.857. The molecule has 2 rings (SSSR count). The van der Waals surface area contributed by atoms with E-state index >= 15 is 0 Å². The first-order valence-electron chi connectivity index (χ1n) is 7.18. The number of amides is 1. The molecule has 2 fully saturated rings. The van der Waals surface area contributed by atoms with Gasteiger partial charge in [-0.25, -0.2) is 0 Å². The summed E-state index contributed by atoms with van der Waals surface area (Å²) in [6.07, 6.45) is 4.77. The summed E-state index contributed by atoms with van der Waals surface area (Å²) in [5.41, 5.74) is 5.19. The molecule has 19 heavy (non-hydrogen) atoms. The lowest BCUT2D eigenvalue weighted by atomic mass is 9.77. The van der Waals surface area contributed by atoms with Gasteiger partial charge in [0.05, 0.1) is 6.07 Å². The maximum absolute atomic E-state index is 12.1. The zero-order valence-electron chi connectivity index (χ0n) is 11.4. The zero-order chi connectivity index (χ0) is 13.7. The molecule has 5 nitrogen and oxygen atoms in total. The van der Waals surface area contributed by atoms with Crippen LogP contribution in [0, 0.1) is 23.2 Å². The van der Waals surface area contributed by atoms with Gasteiger partial charge in [0.25, 0.3) is 0 Å². The molecule has 1 aliphatic carbocycles. The Bertz CT molecular complexity index is 350. The molecule has 3 N–H and O–H groups in total. The van der Waals surface area contributed by atoms with Crippen molar-refractivity contribution in [2.75, 3.05) is 19.8 Å². The highest BCUT2D eigenvalue weighted by Crippen LogP contribution is 2.30. The highest BCUT2D eigenvalue weighted by molar-refractivity contribution is 5.78. The molecule has 1 aliphatic heterocycles. The van der Waals surface area contributed by atoms with Crippen LogP contribution in [0.25, 0.3) is 0 Å². The summed E-state index contributed by atoms with van der Waals surface area (Å²) in [6.45, 7) is 2.37. The van der Waals surface area contributed by atoms with Gasteiger partial charge < -0.3 is 15.8 Å². The van der Waals surface area contributed by atoms with Crippen LogP contribution in [-0.2, 0) is 9.53 Å². The normalized spacial score (nSPS) is 32.5. The zero-order valence-corrected chi connectivity index (χ0v) is 11.4. The van der Waals surface area contributed by atoms with E-state index in [-0.39, 0.29) is 11.8 Å². The van der Waals surface area contributed by atoms with Crippen molar-refractivity contribution in [1.29, 1.82) is 5.26 Å². The van der Waals surface area contributed by atoms with Crippen LogP contribution in [-0.4, -0.2) is 31.2 Å². The number of hydrogen-bond donors (Lipinski definition) is 2. The highest BCUT2D eigenvalue weighted by Gasteiger charge is 2.34. The molecule has 1 amide bonds. The number of nitriles is 1. The van der Waals surface area contributed by atoms with Gasteiger partial charge in [-0.2, -0.15) is 5.26 Å². The van der Waals surface area contributed by atoms with E-state index in [9.17, 15) is 4.79 Å². The first-order chi connectivity index (χ1) is 9.13. The van der Waals surface area contributed by atoms with E-state index in [1.807, 2.05) is 0 Å². The minimum atomic E-state index is -0.711. The number of hydrogen-bond acceptors (Lipinski definition) is 4. The topological polar surface area (TPSA) is 88.1 Å². The van der Waals surface area contributed by atoms with Gasteiger partial charge >= 0.3 is 0 Å². The van der Waals surface area contributed by atoms with Gasteiger partial charge in [-0.1, -0.05) is 0 Å². The van der Waals surface area contributed by atoms with Crippen molar-refractivity contribution in [2.24, 2.45) is 17.6 Å². The Hall–Kier alpha value is -1.12. The molecule has 2 aliphatic rings. The van der Waals surface area contributed by atoms with E-state index in [4.69, 9.17) is 15.7 Å². The Kier molecular flexibility index (Phi) is 4.78. The fourth-order valence-electron chi connectivity index (χ4n) is 2.85. The molecule has 0 aromatic rings. The standard InChI is InChI=1S/C14H23N3O2/c15-10-14(16)5-1-12(2-6-14)13(18)17-9-11-3-7-19-8-4-11/h11-12H,1-9,16H2,(H,17,18). The van der Waals surface area contributed by atoms with E-state index in [0.717, 1.165) is 45.4 Å². The van der Waals surface area contributed by atoms with Crippen LogP contribution in [0.1, 0.15) is 38.5 Å². The summed E-state index contributed by atoms with van der Waals surface area (Å²) in [6, 6.07) is 2.16. The smallest absolute Gasteiger partial charge is 0.223 e. The Morgan fingerprint density at radius 2 is 1.95 bits per heavy atom. The summed E-state index contributed by atoms with van der Waals surface area (Å²) in [4.78, 5) is 12.1. The molecule has 106 valence electrons. The van der Waals surface area contributed by atoms with Crippen molar-refractivity contribution in [3.05, 3.63) is 0 Å². The number of ether oxygens (including phenoxy) is 1. The minimum Gasteiger partial charge on any atom is -0.381 e. The number of nitrogens with zero attached hydrogens (tertiary/aromatic N) is 1. The van der Waals surface area contributed by atoms with Crippen molar-refractivity contribution in [3.8, 4) is 6.07 Å². The number of carbonyl (C=O) groups excluding carboxylic acids is 1. The van der Waals surface area contributed by atoms with Crippen LogP contribution >= 0.6 is 0 Å². The average molecular weight is 265 g/mol. The van der Waals surface area contributed by atoms with Gasteiger partial charge in [0.2, 0.25) is 5.91 Å². The van der Waals surface area contributed by atoms with Crippen molar-refractivity contribution in [1.82, 2.24) is 5.32 Å². The number of nitrogens with two attached hydrogens (primary N) is 1. The second-order valence-corrected chi connectivity index (χ2v) is 5.84. The minimum absolute atomic E-state index is 0.0323. The monoisotopic (exact) mass is 265 g/mol. The quantitative estimate of drug-likeness (QED) is 0.795. The molecular formula is C14H23N3O2. The third kappa shape index (κ3) is 3.92. The van der Waals surface area contributed by atoms with Crippen molar-refractivity contribution in [2.45, 2.75) is 44.1 Å². The van der Waals surface area contributed by atoms with Crippen LogP contribution in [0.15, 0.2) is 0 Å². The average Bonchev–Trinajstić information content (AvgIpc) is 2.47. The molecule has 0 unspecified atom stereocenters. The molecular weight excluding hydrogens is 242 g/mol. The van der Waals surface area contributed by atoms with Crippen LogP contribution < -0.4 is 11.1 Å². The summed E-state index contributed by atoms with van der Waals surface area (Å²) in [7, 11) is 0. The Labute approximate surface area is 114 Å². The van der Waals surface area contributed by atoms with E-state index in [2.05, 4.69) is 11.4 Å². The summed E-state index contributed by atoms with van der Waals surface area (Å²) >= 11 is 0. The Balaban J connectivity index is 1.71. The van der Waals surface area contributed by atoms with Gasteiger partial charge in [0, 0.05) is 25.7 Å². The molecule has 0 spiro atoms. The summed E-state index contributed by atoms with van der Waals surface area (Å²) < 4.78 is 5.30. The van der Waals surface area contributed by atoms with Crippen LogP contribution in [0.5, 0.6) is 0 Å². The SMILES string of the molecule is N#CC1(N)CCC(C(=O)NCC2CCOCC2)CC1. The van der Waals surface area contributed by atoms with Gasteiger partial charge in [0.15, 0.2) is 0 Å². The lowest BCUT2D eigenvalue weighted by Crippen LogP contribution is -2.45. The lowest BCUT2D eigenvalue weighted by molar-refractivity contribution is -0.126. The molecule has 0 atom stereocenters. The molecule has 0 radical (unpaired) electrons. The summed E-state index contributed by atoms with van der Waals surface area (Å²) in [5, 5.41) is 12.0. The second kappa shape index (κ2) is 6.36. The molecule has 1 saturated carbocycles. The largest absolute Gasteiger partial charge is 0.381 e. The number of rotatable bonds is 3. The molecule has 1 saturated heterocycles. The van der Waals surface area contributed by atoms with Crippen LogP contribution in [0.2, 0.25) is 0 Å². The van der Waals surface area contributed by atoms with Gasteiger partial charge in [-0.05, 0) is 44.4 Å². The summed E-state index contributed by atoms with van der Waals surface area (Å²) in [5.74, 6) is 0.713. The van der Waals surface area contributed by atoms with Crippen molar-refractivity contribution in [3.63, 3.8) is 0 Å². The molecule has 0 bridgehead atoms. The van der Waals surface area contributed by atoms with Crippen LogP contribution in [0.3, 0.4) is 0 Å². The number of nitrogens with one attached hydrogen (secondary N) is 1. The van der Waals surface area contributed by atoms with Gasteiger partial charge in [0.1, 0.15) is 5.54 Å². The maximum atomic E-state index is 12.1. The Morgan fingerprint density at radius 3 is 2.53 bits per heavy atom. The second-order valence-electron chi connectivity index (χ2n) is 5.84. The van der Waals surface area contributed by atoms with Gasteiger partial charge in [-0.15, -0.1) is 0 Å². The van der Waals surface area contributed by atoms with E-state index in [0.29, 0.717) is 18.8 Å². The first kappa shape index (κ1) is 14.3. The van der Waals surface area contributed by atoms with E-state index in [1.54, 1.807) is 0 Å². The molecule has 0 aromatic heterocycles. The Morgan fingerprint density at radius 1 is 1.32 bits per heavy atom. The number of carbonyl (C=O) groups is 1. The molecule has 0 aromatic carbocycles. The predicted octanol–water partition coefficient (Wildman–Crippen LogP) is 0.940. The molecule has 1 heterocycles. The first-order valence-corrected chi connectivity index (χ1v) is 7.18. The van der Waals surface area contributed by atoms with E-state index < -0.39 is 5.54 Å². The predicted molar refractivity (Wildman–Crippen MR) is 71.0 cm³/mol. The van der Waals surface area contributed by atoms with Crippen LogP contribution in [0.4, 0.5) is 0 Å². The lowest BCUT2D eigenvalue weighted by Gasteiger charge is -2.31. The fourth-order valence-corrected chi connectivity index (χ4v) is 2.85. The van der Waals surface area contributed by atoms with Gasteiger partial charge in [-0.3, -0.25) is 4.79 Å². The third-order valence-corrected chi connectivity index (χ3v) is 4.38. The van der Waals surface area contributed by atoms with Crippen molar-refractivity contribution < 1.29 is 9.53 Å². The highest BCUT2D eigenvalue weighted by atomic mass is 16.5. The van der Waals surface area contributed by atoms with Crippen molar-refractivity contribution >= 4 is 5.91 Å². The third-order valence-electron chi connectivity index (χ3n) is 4.38. The maximum Gasteiger partial charge on any atom is 0.223 e. The van der Waals surface area contributed by atoms with E-state index in [1.165, 1.54) is 0 Å².